The molecule has 0 saturated carbocycles. The zero-order valence-corrected chi connectivity index (χ0v) is 17.7. The lowest BCUT2D eigenvalue weighted by molar-refractivity contribution is 0.0523. The van der Waals surface area contributed by atoms with Gasteiger partial charge in [-0.1, -0.05) is 43.9 Å². The molecular formula is C20H35N2O2Si. The highest BCUT2D eigenvalue weighted by atomic mass is 28.3. The van der Waals surface area contributed by atoms with Gasteiger partial charge >= 0.3 is 6.09 Å². The number of amides is 1. The van der Waals surface area contributed by atoms with Gasteiger partial charge in [-0.2, -0.15) is 0 Å². The van der Waals surface area contributed by atoms with Crippen molar-refractivity contribution in [1.82, 2.24) is 10.6 Å². The molecule has 0 bridgehead atoms. The summed E-state index contributed by atoms with van der Waals surface area (Å²) in [7, 11) is 0.120. The molecule has 25 heavy (non-hydrogen) atoms. The van der Waals surface area contributed by atoms with E-state index in [1.807, 2.05) is 26.8 Å². The van der Waals surface area contributed by atoms with E-state index >= 15 is 0 Å². The third-order valence-corrected chi connectivity index (χ3v) is 3.60. The average Bonchev–Trinajstić information content (AvgIpc) is 2.52. The van der Waals surface area contributed by atoms with Crippen LogP contribution in [0, 0.1) is 0 Å². The van der Waals surface area contributed by atoms with Gasteiger partial charge < -0.3 is 15.4 Å². The van der Waals surface area contributed by atoms with Gasteiger partial charge in [0, 0.05) is 15.3 Å². The summed E-state index contributed by atoms with van der Waals surface area (Å²) >= 11 is 0. The number of benzene rings is 1. The molecule has 1 aliphatic rings. The zero-order chi connectivity index (χ0) is 18.9. The molecule has 2 N–H and O–H groups in total. The van der Waals surface area contributed by atoms with E-state index in [1.54, 1.807) is 0 Å². The third kappa shape index (κ3) is 10.3. The van der Waals surface area contributed by atoms with E-state index in [1.165, 1.54) is 18.4 Å². The van der Waals surface area contributed by atoms with Crippen molar-refractivity contribution in [3.63, 3.8) is 0 Å². The van der Waals surface area contributed by atoms with Crippen LogP contribution in [-0.4, -0.2) is 33.6 Å². The molecule has 1 heterocycles. The van der Waals surface area contributed by atoms with Crippen molar-refractivity contribution in [3.8, 4) is 0 Å². The van der Waals surface area contributed by atoms with Crippen LogP contribution in [-0.2, 0) is 11.3 Å². The van der Waals surface area contributed by atoms with Crippen LogP contribution >= 0.6 is 0 Å². The highest BCUT2D eigenvalue weighted by Gasteiger charge is 2.17. The summed E-state index contributed by atoms with van der Waals surface area (Å²) in [5, 5.41) is 6.20. The smallest absolute Gasteiger partial charge is 0.407 e. The number of carbonyl (C=O) groups excluding carboxylic acids is 1. The average molecular weight is 364 g/mol. The van der Waals surface area contributed by atoms with E-state index in [9.17, 15) is 4.79 Å². The Morgan fingerprint density at radius 3 is 2.40 bits per heavy atom. The van der Waals surface area contributed by atoms with Crippen LogP contribution in [0.5, 0.6) is 0 Å². The molecule has 0 unspecified atom stereocenters. The Morgan fingerprint density at radius 2 is 1.84 bits per heavy atom. The molecule has 1 aromatic rings. The van der Waals surface area contributed by atoms with Crippen LogP contribution in [0.1, 0.15) is 50.7 Å². The fourth-order valence-corrected chi connectivity index (χ4v) is 2.60. The molecule has 1 fully saturated rings. The fourth-order valence-electron chi connectivity index (χ4n) is 2.60. The normalized spacial score (nSPS) is 15.3. The first kappa shape index (κ1) is 21.7. The summed E-state index contributed by atoms with van der Waals surface area (Å²) in [5.41, 5.74) is 2.04. The number of carbonyl (C=O) groups is 1. The van der Waals surface area contributed by atoms with Crippen molar-refractivity contribution in [2.45, 2.75) is 71.3 Å². The quantitative estimate of drug-likeness (QED) is 0.775. The molecule has 0 atom stereocenters. The summed E-state index contributed by atoms with van der Waals surface area (Å²) in [6, 6.07) is 8.51. The number of alkyl carbamates (subject to hydrolysis) is 1. The molecule has 0 aromatic heterocycles. The first-order valence-electron chi connectivity index (χ1n) is 9.20. The molecule has 1 saturated heterocycles. The van der Waals surface area contributed by atoms with E-state index in [0.717, 1.165) is 18.7 Å². The van der Waals surface area contributed by atoms with E-state index in [2.05, 4.69) is 48.5 Å². The van der Waals surface area contributed by atoms with Crippen LogP contribution in [0.25, 0.3) is 0 Å². The van der Waals surface area contributed by atoms with Crippen LogP contribution in [0.4, 0.5) is 4.79 Å². The van der Waals surface area contributed by atoms with E-state index in [4.69, 9.17) is 4.74 Å². The highest BCUT2D eigenvalue weighted by molar-refractivity contribution is 6.54. The van der Waals surface area contributed by atoms with Gasteiger partial charge in [-0.15, -0.1) is 0 Å². The van der Waals surface area contributed by atoms with Gasteiger partial charge in [-0.05, 0) is 63.7 Å². The standard InChI is InChI=1S/C17H26N2O2.C3H9Si/c1-17(2,3)21-16(20)19-12-13-5-4-6-15(11-13)14-7-9-18-10-8-14;1-4(2)3/h4-6,11,14,18H,7-10,12H2,1-3H3,(H,19,20);1-3H3. The van der Waals surface area contributed by atoms with Gasteiger partial charge in [0.15, 0.2) is 0 Å². The molecule has 0 spiro atoms. The number of piperidine rings is 1. The van der Waals surface area contributed by atoms with Crippen molar-refractivity contribution in [3.05, 3.63) is 35.4 Å². The minimum Gasteiger partial charge on any atom is -0.444 e. The van der Waals surface area contributed by atoms with E-state index in [0.29, 0.717) is 12.5 Å². The lowest BCUT2D eigenvalue weighted by Crippen LogP contribution is -2.32. The van der Waals surface area contributed by atoms with Gasteiger partial charge in [0.1, 0.15) is 5.60 Å². The topological polar surface area (TPSA) is 50.4 Å². The van der Waals surface area contributed by atoms with Crippen molar-refractivity contribution >= 4 is 14.9 Å². The molecule has 1 aliphatic heterocycles. The number of hydrogen-bond acceptors (Lipinski definition) is 3. The summed E-state index contributed by atoms with van der Waals surface area (Å²) in [6.07, 6.45) is 2.00. The molecule has 141 valence electrons. The van der Waals surface area contributed by atoms with Crippen LogP contribution in [0.3, 0.4) is 0 Å². The second-order valence-corrected chi connectivity index (χ2v) is 11.1. The van der Waals surface area contributed by atoms with Crippen molar-refractivity contribution in [2.24, 2.45) is 0 Å². The Labute approximate surface area is 155 Å². The summed E-state index contributed by atoms with van der Waals surface area (Å²) in [6.45, 7) is 15.1. The van der Waals surface area contributed by atoms with Gasteiger partial charge in [0.25, 0.3) is 0 Å². The van der Waals surface area contributed by atoms with Gasteiger partial charge in [0.2, 0.25) is 0 Å². The number of hydrogen-bond donors (Lipinski definition) is 2. The molecule has 0 aliphatic carbocycles. The summed E-state index contributed by atoms with van der Waals surface area (Å²) in [5.74, 6) is 0.632. The van der Waals surface area contributed by atoms with E-state index in [-0.39, 0.29) is 14.9 Å². The fraction of sp³-hybridized carbons (Fsp3) is 0.650. The Kier molecular flexibility index (Phi) is 9.21. The first-order valence-corrected chi connectivity index (χ1v) is 12.2. The highest BCUT2D eigenvalue weighted by Crippen LogP contribution is 2.25. The maximum atomic E-state index is 11.7. The minimum absolute atomic E-state index is 0.120. The molecule has 1 amide bonds. The Morgan fingerprint density at radius 1 is 1.24 bits per heavy atom. The molecule has 2 rings (SSSR count). The van der Waals surface area contributed by atoms with Crippen LogP contribution in [0.2, 0.25) is 19.6 Å². The third-order valence-electron chi connectivity index (χ3n) is 3.60. The first-order chi connectivity index (χ1) is 11.7. The van der Waals surface area contributed by atoms with Crippen LogP contribution < -0.4 is 10.6 Å². The molecule has 4 nitrogen and oxygen atoms in total. The Hall–Kier alpha value is -1.33. The van der Waals surface area contributed by atoms with Crippen LogP contribution in [0.15, 0.2) is 24.3 Å². The summed E-state index contributed by atoms with van der Waals surface area (Å²) in [4.78, 5) is 11.7. The molecule has 1 radical (unpaired) electrons. The van der Waals surface area contributed by atoms with Gasteiger partial charge in [-0.3, -0.25) is 0 Å². The minimum atomic E-state index is -0.457. The zero-order valence-electron chi connectivity index (χ0n) is 16.7. The van der Waals surface area contributed by atoms with Crippen molar-refractivity contribution < 1.29 is 9.53 Å². The maximum absolute atomic E-state index is 11.7. The number of ether oxygens (including phenoxy) is 1. The van der Waals surface area contributed by atoms with Gasteiger partial charge in [0.05, 0.1) is 0 Å². The number of rotatable bonds is 3. The Balaban J connectivity index is 0.000000705. The molecule has 1 aromatic carbocycles. The van der Waals surface area contributed by atoms with Gasteiger partial charge in [-0.25, -0.2) is 4.79 Å². The predicted octanol–water partition coefficient (Wildman–Crippen LogP) is 4.55. The molecule has 5 heteroatoms. The van der Waals surface area contributed by atoms with Crippen molar-refractivity contribution in [1.29, 1.82) is 0 Å². The van der Waals surface area contributed by atoms with Crippen molar-refractivity contribution in [2.75, 3.05) is 13.1 Å². The second kappa shape index (κ2) is 10.6. The monoisotopic (exact) mass is 363 g/mol. The SMILES string of the molecule is CC(C)(C)OC(=O)NCc1cccc(C2CCNCC2)c1.C[Si](C)C. The summed E-state index contributed by atoms with van der Waals surface area (Å²) < 4.78 is 5.25. The lowest BCUT2D eigenvalue weighted by atomic mass is 9.89. The lowest BCUT2D eigenvalue weighted by Gasteiger charge is -2.23. The van der Waals surface area contributed by atoms with E-state index < -0.39 is 5.60 Å². The predicted molar refractivity (Wildman–Crippen MR) is 108 cm³/mol. The number of nitrogens with one attached hydrogen (secondary N) is 2. The molecular weight excluding hydrogens is 328 g/mol. The largest absolute Gasteiger partial charge is 0.444 e. The Bertz CT molecular complexity index is 518. The maximum Gasteiger partial charge on any atom is 0.407 e. The second-order valence-electron chi connectivity index (χ2n) is 8.12.